The van der Waals surface area contributed by atoms with Crippen LogP contribution in [0.15, 0.2) is 17.5 Å². The molecule has 1 fully saturated rings. The van der Waals surface area contributed by atoms with Crippen molar-refractivity contribution < 1.29 is 0 Å². The molecule has 1 aromatic heterocycles. The molecular formula is C12H19NS. The van der Waals surface area contributed by atoms with E-state index in [1.807, 2.05) is 11.3 Å². The number of piperidine rings is 1. The Kier molecular flexibility index (Phi) is 3.24. The zero-order chi connectivity index (χ0) is 9.97. The minimum atomic E-state index is 0.683. The van der Waals surface area contributed by atoms with Crippen molar-refractivity contribution in [2.45, 2.75) is 45.2 Å². The second kappa shape index (κ2) is 4.45. The lowest BCUT2D eigenvalue weighted by molar-refractivity contribution is 0.114. The maximum absolute atomic E-state index is 2.65. The molecule has 1 aromatic rings. The third kappa shape index (κ3) is 2.01. The highest BCUT2D eigenvalue weighted by atomic mass is 32.1. The first-order valence-corrected chi connectivity index (χ1v) is 6.46. The molecule has 1 atom stereocenters. The maximum atomic E-state index is 2.65. The number of rotatable bonds is 2. The van der Waals surface area contributed by atoms with Gasteiger partial charge in [0.1, 0.15) is 0 Å². The van der Waals surface area contributed by atoms with Crippen molar-refractivity contribution in [2.75, 3.05) is 6.54 Å². The van der Waals surface area contributed by atoms with Crippen LogP contribution in [0.2, 0.25) is 0 Å². The fourth-order valence-corrected chi connectivity index (χ4v) is 3.24. The second-order valence-electron chi connectivity index (χ2n) is 4.36. The highest BCUT2D eigenvalue weighted by Crippen LogP contribution is 2.34. The first-order valence-electron chi connectivity index (χ1n) is 5.58. The number of likely N-dealkylation sites (tertiary alicyclic amines) is 1. The largest absolute Gasteiger partial charge is 0.293 e. The van der Waals surface area contributed by atoms with E-state index in [4.69, 9.17) is 0 Å². The van der Waals surface area contributed by atoms with Gasteiger partial charge in [0.25, 0.3) is 0 Å². The van der Waals surface area contributed by atoms with Crippen LogP contribution in [0.1, 0.15) is 44.0 Å². The molecule has 0 spiro atoms. The van der Waals surface area contributed by atoms with Gasteiger partial charge < -0.3 is 0 Å². The smallest absolute Gasteiger partial charge is 0.0444 e. The molecule has 1 unspecified atom stereocenters. The van der Waals surface area contributed by atoms with E-state index in [1.54, 1.807) is 4.88 Å². The van der Waals surface area contributed by atoms with Crippen LogP contribution in [0.5, 0.6) is 0 Å². The number of nitrogens with zero attached hydrogens (tertiary/aromatic N) is 1. The molecular weight excluding hydrogens is 190 g/mol. The summed E-state index contributed by atoms with van der Waals surface area (Å²) in [7, 11) is 0. The van der Waals surface area contributed by atoms with Gasteiger partial charge in [0.15, 0.2) is 0 Å². The van der Waals surface area contributed by atoms with Gasteiger partial charge in [0.2, 0.25) is 0 Å². The maximum Gasteiger partial charge on any atom is 0.0444 e. The summed E-state index contributed by atoms with van der Waals surface area (Å²) in [5.41, 5.74) is 0. The number of hydrogen-bond acceptors (Lipinski definition) is 2. The Morgan fingerprint density at radius 3 is 2.93 bits per heavy atom. The van der Waals surface area contributed by atoms with Gasteiger partial charge in [-0.05, 0) is 44.7 Å². The van der Waals surface area contributed by atoms with E-state index < -0.39 is 0 Å². The normalized spacial score (nSPS) is 24.4. The van der Waals surface area contributed by atoms with Gasteiger partial charge in [-0.15, -0.1) is 11.3 Å². The van der Waals surface area contributed by atoms with E-state index in [-0.39, 0.29) is 0 Å². The van der Waals surface area contributed by atoms with E-state index in [9.17, 15) is 0 Å². The van der Waals surface area contributed by atoms with Crippen molar-refractivity contribution in [1.29, 1.82) is 0 Å². The lowest BCUT2D eigenvalue weighted by atomic mass is 9.99. The molecule has 2 heteroatoms. The molecule has 14 heavy (non-hydrogen) atoms. The summed E-state index contributed by atoms with van der Waals surface area (Å²) in [6, 6.07) is 5.84. The van der Waals surface area contributed by atoms with Crippen LogP contribution in [0, 0.1) is 0 Å². The fraction of sp³-hybridized carbons (Fsp3) is 0.667. The van der Waals surface area contributed by atoms with Crippen LogP contribution in [0.3, 0.4) is 0 Å². The van der Waals surface area contributed by atoms with Crippen LogP contribution in [0.25, 0.3) is 0 Å². The molecule has 1 aliphatic heterocycles. The molecule has 0 aliphatic carbocycles. The molecule has 1 saturated heterocycles. The molecule has 78 valence electrons. The molecule has 0 bridgehead atoms. The Bertz CT molecular complexity index is 266. The van der Waals surface area contributed by atoms with E-state index in [0.717, 1.165) is 0 Å². The third-order valence-electron chi connectivity index (χ3n) is 3.08. The number of hydrogen-bond donors (Lipinski definition) is 0. The molecule has 0 amide bonds. The predicted molar refractivity (Wildman–Crippen MR) is 62.8 cm³/mol. The summed E-state index contributed by atoms with van der Waals surface area (Å²) in [5.74, 6) is 0. The van der Waals surface area contributed by atoms with Crippen molar-refractivity contribution in [2.24, 2.45) is 0 Å². The lowest BCUT2D eigenvalue weighted by Gasteiger charge is -2.38. The first kappa shape index (κ1) is 10.2. The Balaban J connectivity index is 2.14. The summed E-state index contributed by atoms with van der Waals surface area (Å²) in [6.45, 7) is 5.90. The van der Waals surface area contributed by atoms with Crippen LogP contribution >= 0.6 is 11.3 Å². The van der Waals surface area contributed by atoms with Gasteiger partial charge in [-0.25, -0.2) is 0 Å². The monoisotopic (exact) mass is 209 g/mol. The summed E-state index contributed by atoms with van der Waals surface area (Å²) in [6.07, 6.45) is 4.12. The zero-order valence-electron chi connectivity index (χ0n) is 9.07. The van der Waals surface area contributed by atoms with Gasteiger partial charge in [-0.1, -0.05) is 12.5 Å². The molecule has 1 nitrogen and oxygen atoms in total. The van der Waals surface area contributed by atoms with Crippen molar-refractivity contribution >= 4 is 11.3 Å². The highest BCUT2D eigenvalue weighted by Gasteiger charge is 2.26. The standard InChI is InChI=1S/C12H19NS/c1-10(2)13-8-4-3-6-11(13)12-7-5-9-14-12/h5,7,9-11H,3-4,6,8H2,1-2H3. The van der Waals surface area contributed by atoms with Crippen LogP contribution in [-0.2, 0) is 0 Å². The van der Waals surface area contributed by atoms with Crippen molar-refractivity contribution in [1.82, 2.24) is 4.90 Å². The SMILES string of the molecule is CC(C)N1CCCCC1c1cccs1. The summed E-state index contributed by atoms with van der Waals surface area (Å²) in [4.78, 5) is 4.20. The van der Waals surface area contributed by atoms with E-state index in [2.05, 4.69) is 36.3 Å². The van der Waals surface area contributed by atoms with Gasteiger partial charge in [0, 0.05) is 17.0 Å². The highest BCUT2D eigenvalue weighted by molar-refractivity contribution is 7.10. The average Bonchev–Trinajstić information content (AvgIpc) is 2.70. The molecule has 0 aromatic carbocycles. The Morgan fingerprint density at radius 2 is 2.29 bits per heavy atom. The molecule has 0 saturated carbocycles. The van der Waals surface area contributed by atoms with E-state index in [1.165, 1.54) is 25.8 Å². The second-order valence-corrected chi connectivity index (χ2v) is 5.34. The molecule has 0 radical (unpaired) electrons. The first-order chi connectivity index (χ1) is 6.79. The minimum Gasteiger partial charge on any atom is -0.293 e. The lowest BCUT2D eigenvalue weighted by Crippen LogP contribution is -2.38. The Hall–Kier alpha value is -0.340. The van der Waals surface area contributed by atoms with Crippen molar-refractivity contribution in [3.63, 3.8) is 0 Å². The van der Waals surface area contributed by atoms with Crippen molar-refractivity contribution in [3.05, 3.63) is 22.4 Å². The molecule has 1 aliphatic rings. The van der Waals surface area contributed by atoms with Crippen LogP contribution < -0.4 is 0 Å². The Morgan fingerprint density at radius 1 is 1.43 bits per heavy atom. The van der Waals surface area contributed by atoms with Crippen LogP contribution in [-0.4, -0.2) is 17.5 Å². The Labute approximate surface area is 90.7 Å². The fourth-order valence-electron chi connectivity index (χ4n) is 2.36. The molecule has 0 N–H and O–H groups in total. The molecule has 2 rings (SSSR count). The van der Waals surface area contributed by atoms with E-state index >= 15 is 0 Å². The molecule has 2 heterocycles. The third-order valence-corrected chi connectivity index (χ3v) is 4.05. The van der Waals surface area contributed by atoms with Gasteiger partial charge in [-0.2, -0.15) is 0 Å². The van der Waals surface area contributed by atoms with Gasteiger partial charge in [0.05, 0.1) is 0 Å². The van der Waals surface area contributed by atoms with Gasteiger partial charge >= 0.3 is 0 Å². The topological polar surface area (TPSA) is 3.24 Å². The quantitative estimate of drug-likeness (QED) is 0.718. The van der Waals surface area contributed by atoms with Gasteiger partial charge in [-0.3, -0.25) is 4.90 Å². The summed E-state index contributed by atoms with van der Waals surface area (Å²) < 4.78 is 0. The van der Waals surface area contributed by atoms with Crippen LogP contribution in [0.4, 0.5) is 0 Å². The zero-order valence-corrected chi connectivity index (χ0v) is 9.89. The van der Waals surface area contributed by atoms with Crippen molar-refractivity contribution in [3.8, 4) is 0 Å². The van der Waals surface area contributed by atoms with E-state index in [0.29, 0.717) is 12.1 Å². The summed E-state index contributed by atoms with van der Waals surface area (Å²) in [5, 5.41) is 2.20. The minimum absolute atomic E-state index is 0.683. The number of thiophene rings is 1. The predicted octanol–water partition coefficient (Wildman–Crippen LogP) is 3.68. The average molecular weight is 209 g/mol. The summed E-state index contributed by atoms with van der Waals surface area (Å²) >= 11 is 1.91.